The summed E-state index contributed by atoms with van der Waals surface area (Å²) in [4.78, 5) is 4.05. The van der Waals surface area contributed by atoms with Crippen LogP contribution in [-0.2, 0) is 15.6 Å². The number of ether oxygens (including phenoxy) is 2. The van der Waals surface area contributed by atoms with E-state index >= 15 is 0 Å². The number of sulfonamides is 1. The van der Waals surface area contributed by atoms with E-state index in [0.717, 1.165) is 0 Å². The number of hydrogen-bond acceptors (Lipinski definition) is 8. The molecule has 1 aromatic heterocycles. The van der Waals surface area contributed by atoms with Gasteiger partial charge in [-0.3, -0.25) is 0 Å². The number of nitrogens with zero attached hydrogens (tertiary/aromatic N) is 3. The van der Waals surface area contributed by atoms with Gasteiger partial charge in [0.25, 0.3) is 5.89 Å². The standard InChI is InChI=1S/C15H17N3O6S/c1-10-16-14(24-17-10)15(19)5-6-18(9-15)25(20,21)12-4-2-3-11-13(12)23-8-7-22-11/h2-4,19H,5-9H2,1H3. The van der Waals surface area contributed by atoms with Crippen LogP contribution in [0.25, 0.3) is 0 Å². The maximum atomic E-state index is 13.0. The van der Waals surface area contributed by atoms with Gasteiger partial charge >= 0.3 is 0 Å². The molecule has 134 valence electrons. The summed E-state index contributed by atoms with van der Waals surface area (Å²) >= 11 is 0. The molecule has 0 amide bonds. The van der Waals surface area contributed by atoms with Gasteiger partial charge in [-0.05, 0) is 19.1 Å². The lowest BCUT2D eigenvalue weighted by molar-refractivity contribution is 0.0194. The Morgan fingerprint density at radius 2 is 2.08 bits per heavy atom. The second-order valence-electron chi connectivity index (χ2n) is 6.05. The molecule has 4 rings (SSSR count). The van der Waals surface area contributed by atoms with Gasteiger partial charge in [0.1, 0.15) is 18.1 Å². The number of aromatic nitrogens is 2. The summed E-state index contributed by atoms with van der Waals surface area (Å²) in [6.07, 6.45) is 0.167. The molecule has 9 nitrogen and oxygen atoms in total. The highest BCUT2D eigenvalue weighted by molar-refractivity contribution is 7.89. The highest BCUT2D eigenvalue weighted by Crippen LogP contribution is 2.40. The van der Waals surface area contributed by atoms with Crippen molar-refractivity contribution < 1.29 is 27.5 Å². The molecule has 0 saturated carbocycles. The van der Waals surface area contributed by atoms with Crippen molar-refractivity contribution >= 4 is 10.0 Å². The maximum Gasteiger partial charge on any atom is 0.260 e. The van der Waals surface area contributed by atoms with Crippen LogP contribution in [0.1, 0.15) is 18.1 Å². The molecule has 2 aromatic rings. The summed E-state index contributed by atoms with van der Waals surface area (Å²) in [7, 11) is -3.87. The topological polar surface area (TPSA) is 115 Å². The van der Waals surface area contributed by atoms with E-state index in [0.29, 0.717) is 18.2 Å². The first-order valence-electron chi connectivity index (χ1n) is 7.82. The Bertz CT molecular complexity index is 912. The summed E-state index contributed by atoms with van der Waals surface area (Å²) in [6.45, 7) is 2.25. The zero-order valence-corrected chi connectivity index (χ0v) is 14.3. The first-order valence-corrected chi connectivity index (χ1v) is 9.26. The van der Waals surface area contributed by atoms with Crippen LogP contribution in [0.15, 0.2) is 27.6 Å². The number of aliphatic hydroxyl groups is 1. The highest BCUT2D eigenvalue weighted by atomic mass is 32.2. The molecule has 0 spiro atoms. The van der Waals surface area contributed by atoms with Gasteiger partial charge in [0.2, 0.25) is 10.0 Å². The van der Waals surface area contributed by atoms with Crippen molar-refractivity contribution in [3.8, 4) is 11.5 Å². The van der Waals surface area contributed by atoms with Gasteiger partial charge in [0.05, 0.1) is 6.54 Å². The molecule has 0 aliphatic carbocycles. The minimum atomic E-state index is -3.87. The maximum absolute atomic E-state index is 13.0. The van der Waals surface area contributed by atoms with Gasteiger partial charge in [0.15, 0.2) is 22.9 Å². The van der Waals surface area contributed by atoms with Crippen molar-refractivity contribution in [2.75, 3.05) is 26.3 Å². The number of benzene rings is 1. The van der Waals surface area contributed by atoms with E-state index in [9.17, 15) is 13.5 Å². The molecule has 1 N–H and O–H groups in total. The van der Waals surface area contributed by atoms with Crippen molar-refractivity contribution in [2.45, 2.75) is 23.8 Å². The third kappa shape index (κ3) is 2.66. The summed E-state index contributed by atoms with van der Waals surface area (Å²) < 4.78 is 43.3. The highest BCUT2D eigenvalue weighted by Gasteiger charge is 2.47. The van der Waals surface area contributed by atoms with Gasteiger partial charge in [-0.15, -0.1) is 0 Å². The number of fused-ring (bicyclic) bond motifs is 1. The molecule has 1 fully saturated rings. The Balaban J connectivity index is 1.66. The molecular formula is C15H17N3O6S. The lowest BCUT2D eigenvalue weighted by Crippen LogP contribution is -2.35. The van der Waals surface area contributed by atoms with E-state index in [1.165, 1.54) is 10.4 Å². The molecule has 3 heterocycles. The van der Waals surface area contributed by atoms with E-state index in [2.05, 4.69) is 10.1 Å². The average Bonchev–Trinajstić information content (AvgIpc) is 3.22. The van der Waals surface area contributed by atoms with Crippen LogP contribution in [0.4, 0.5) is 0 Å². The third-order valence-electron chi connectivity index (χ3n) is 4.29. The second kappa shape index (κ2) is 5.68. The second-order valence-corrected chi connectivity index (χ2v) is 7.95. The smallest absolute Gasteiger partial charge is 0.260 e. The van der Waals surface area contributed by atoms with Crippen molar-refractivity contribution in [1.29, 1.82) is 0 Å². The number of para-hydroxylation sites is 1. The Kier molecular flexibility index (Phi) is 3.71. The Morgan fingerprint density at radius 3 is 2.84 bits per heavy atom. The zero-order chi connectivity index (χ0) is 17.7. The van der Waals surface area contributed by atoms with Crippen LogP contribution in [0, 0.1) is 6.92 Å². The molecule has 2 aliphatic rings. The normalized spacial score (nSPS) is 23.8. The predicted octanol–water partition coefficient (Wildman–Crippen LogP) is 0.431. The molecule has 1 atom stereocenters. The van der Waals surface area contributed by atoms with Crippen LogP contribution in [0.3, 0.4) is 0 Å². The molecule has 2 aliphatic heterocycles. The Morgan fingerprint density at radius 1 is 1.28 bits per heavy atom. The van der Waals surface area contributed by atoms with Crippen LogP contribution in [0.5, 0.6) is 11.5 Å². The molecule has 10 heteroatoms. The van der Waals surface area contributed by atoms with E-state index in [1.54, 1.807) is 19.1 Å². The van der Waals surface area contributed by atoms with Crippen molar-refractivity contribution in [1.82, 2.24) is 14.4 Å². The lowest BCUT2D eigenvalue weighted by atomic mass is 10.0. The van der Waals surface area contributed by atoms with E-state index in [1.807, 2.05) is 0 Å². The zero-order valence-electron chi connectivity index (χ0n) is 13.5. The quantitative estimate of drug-likeness (QED) is 0.831. The van der Waals surface area contributed by atoms with E-state index in [-0.39, 0.29) is 42.7 Å². The van der Waals surface area contributed by atoms with Crippen molar-refractivity contribution in [3.63, 3.8) is 0 Å². The lowest BCUT2D eigenvalue weighted by Gasteiger charge is -2.24. The molecule has 25 heavy (non-hydrogen) atoms. The first kappa shape index (κ1) is 16.3. The number of β-amino-alcohol motifs (C(OH)–C–C–N with tert-alkyl or cyclic N) is 1. The average molecular weight is 367 g/mol. The molecule has 1 aromatic carbocycles. The van der Waals surface area contributed by atoms with Gasteiger partial charge in [-0.1, -0.05) is 11.2 Å². The van der Waals surface area contributed by atoms with E-state index in [4.69, 9.17) is 14.0 Å². The fraction of sp³-hybridized carbons (Fsp3) is 0.467. The van der Waals surface area contributed by atoms with Crippen LogP contribution in [0.2, 0.25) is 0 Å². The molecule has 0 bridgehead atoms. The van der Waals surface area contributed by atoms with Crippen LogP contribution < -0.4 is 9.47 Å². The largest absolute Gasteiger partial charge is 0.486 e. The summed E-state index contributed by atoms with van der Waals surface area (Å²) in [5.74, 6) is 1.01. The molecule has 1 saturated heterocycles. The Labute approximate surface area is 144 Å². The number of aryl methyl sites for hydroxylation is 1. The van der Waals surface area contributed by atoms with Gasteiger partial charge in [-0.2, -0.15) is 9.29 Å². The number of hydrogen-bond donors (Lipinski definition) is 1. The molecule has 0 radical (unpaired) electrons. The fourth-order valence-corrected chi connectivity index (χ4v) is 4.65. The summed E-state index contributed by atoms with van der Waals surface area (Å²) in [6, 6.07) is 4.73. The fourth-order valence-electron chi connectivity index (χ4n) is 3.01. The predicted molar refractivity (Wildman–Crippen MR) is 83.7 cm³/mol. The third-order valence-corrected chi connectivity index (χ3v) is 6.16. The minimum absolute atomic E-state index is 0.0238. The van der Waals surface area contributed by atoms with Crippen molar-refractivity contribution in [3.05, 3.63) is 29.9 Å². The first-order chi connectivity index (χ1) is 11.9. The van der Waals surface area contributed by atoms with Crippen molar-refractivity contribution in [2.24, 2.45) is 0 Å². The monoisotopic (exact) mass is 367 g/mol. The summed E-state index contributed by atoms with van der Waals surface area (Å²) in [5.41, 5.74) is -1.50. The number of rotatable bonds is 3. The Hall–Kier alpha value is -2.17. The van der Waals surface area contributed by atoms with Gasteiger partial charge in [-0.25, -0.2) is 8.42 Å². The molecule has 1 unspecified atom stereocenters. The van der Waals surface area contributed by atoms with E-state index < -0.39 is 15.6 Å². The summed E-state index contributed by atoms with van der Waals surface area (Å²) in [5, 5.41) is 14.4. The minimum Gasteiger partial charge on any atom is -0.486 e. The molecular weight excluding hydrogens is 350 g/mol. The van der Waals surface area contributed by atoms with Crippen LogP contribution in [-0.4, -0.2) is 54.3 Å². The van der Waals surface area contributed by atoms with Gasteiger partial charge < -0.3 is 19.1 Å². The van der Waals surface area contributed by atoms with Crippen LogP contribution >= 0.6 is 0 Å². The SMILES string of the molecule is Cc1noc(C2(O)CCN(S(=O)(=O)c3cccc4c3OCCO4)C2)n1. The van der Waals surface area contributed by atoms with Gasteiger partial charge in [0, 0.05) is 13.0 Å².